The molecule has 3 aromatic carbocycles. The zero-order chi connectivity index (χ0) is 18.4. The Kier molecular flexibility index (Phi) is 5.29. The Labute approximate surface area is 153 Å². The van der Waals surface area contributed by atoms with Gasteiger partial charge in [0.1, 0.15) is 0 Å². The normalized spacial score (nSPS) is 12.0. The Morgan fingerprint density at radius 1 is 0.769 bits per heavy atom. The molecule has 0 bridgehead atoms. The topological polar surface area (TPSA) is 88.8 Å². The highest BCUT2D eigenvalue weighted by molar-refractivity contribution is 6.01. The van der Waals surface area contributed by atoms with E-state index < -0.39 is 0 Å². The molecule has 0 amide bonds. The molecule has 0 spiro atoms. The number of hydrogen-bond donors (Lipinski definition) is 3. The lowest BCUT2D eigenvalue weighted by atomic mass is 10.1. The summed E-state index contributed by atoms with van der Waals surface area (Å²) >= 11 is 0. The van der Waals surface area contributed by atoms with E-state index in [1.807, 2.05) is 73.7 Å². The standard InChI is InChI=1S/C21H21N5/c1-15-7-11-18(12-8-15)24-20(22)26-21(23)25-19-13-9-17(10-14-19)16-5-3-2-4-6-16/h2-14H,1H3,(H5,22,23,24,25,26). The minimum atomic E-state index is 0.0970. The summed E-state index contributed by atoms with van der Waals surface area (Å²) in [6, 6.07) is 25.8. The summed E-state index contributed by atoms with van der Waals surface area (Å²) in [6.07, 6.45) is 0. The molecular formula is C21H21N5. The summed E-state index contributed by atoms with van der Waals surface area (Å²) in [5.41, 5.74) is 16.8. The van der Waals surface area contributed by atoms with Crippen LogP contribution in [0, 0.1) is 6.92 Å². The van der Waals surface area contributed by atoms with Crippen molar-refractivity contribution < 1.29 is 0 Å². The quantitative estimate of drug-likeness (QED) is 0.495. The lowest BCUT2D eigenvalue weighted by molar-refractivity contribution is 1.37. The molecule has 3 aromatic rings. The van der Waals surface area contributed by atoms with Gasteiger partial charge >= 0.3 is 0 Å². The molecule has 0 aromatic heterocycles. The van der Waals surface area contributed by atoms with Crippen molar-refractivity contribution in [1.29, 1.82) is 0 Å². The molecule has 0 saturated heterocycles. The van der Waals surface area contributed by atoms with Gasteiger partial charge in [-0.1, -0.05) is 60.2 Å². The van der Waals surface area contributed by atoms with Gasteiger partial charge in [0.15, 0.2) is 0 Å². The first kappa shape index (κ1) is 17.2. The predicted molar refractivity (Wildman–Crippen MR) is 110 cm³/mol. The van der Waals surface area contributed by atoms with Crippen molar-refractivity contribution in [3.05, 3.63) is 84.4 Å². The molecule has 0 unspecified atom stereocenters. The van der Waals surface area contributed by atoms with Crippen molar-refractivity contribution in [3.8, 4) is 11.1 Å². The van der Waals surface area contributed by atoms with Gasteiger partial charge in [-0.2, -0.15) is 4.99 Å². The second-order valence-electron chi connectivity index (χ2n) is 5.87. The van der Waals surface area contributed by atoms with Gasteiger partial charge in [0.2, 0.25) is 11.9 Å². The van der Waals surface area contributed by atoms with E-state index >= 15 is 0 Å². The largest absolute Gasteiger partial charge is 0.369 e. The van der Waals surface area contributed by atoms with E-state index in [1.165, 1.54) is 0 Å². The Morgan fingerprint density at radius 2 is 1.38 bits per heavy atom. The third-order valence-corrected chi connectivity index (χ3v) is 3.78. The molecule has 0 aliphatic carbocycles. The SMILES string of the molecule is Cc1ccc(N=C(N)N=C(N)Nc2ccc(-c3ccccc3)cc2)cc1. The molecule has 3 rings (SSSR count). The van der Waals surface area contributed by atoms with Gasteiger partial charge in [0.05, 0.1) is 5.69 Å². The van der Waals surface area contributed by atoms with Crippen molar-refractivity contribution >= 4 is 23.3 Å². The molecule has 0 aliphatic rings. The number of nitrogens with zero attached hydrogens (tertiary/aromatic N) is 2. The summed E-state index contributed by atoms with van der Waals surface area (Å²) in [7, 11) is 0. The summed E-state index contributed by atoms with van der Waals surface area (Å²) in [4.78, 5) is 8.30. The van der Waals surface area contributed by atoms with E-state index in [2.05, 4.69) is 27.4 Å². The molecule has 5 heteroatoms. The Hall–Kier alpha value is -3.60. The van der Waals surface area contributed by atoms with Crippen LogP contribution in [0.5, 0.6) is 0 Å². The third-order valence-electron chi connectivity index (χ3n) is 3.78. The van der Waals surface area contributed by atoms with E-state index in [1.54, 1.807) is 0 Å². The molecule has 0 aliphatic heterocycles. The average Bonchev–Trinajstić information content (AvgIpc) is 2.65. The molecule has 0 saturated carbocycles. The van der Waals surface area contributed by atoms with E-state index in [0.29, 0.717) is 0 Å². The lowest BCUT2D eigenvalue weighted by Gasteiger charge is -2.07. The van der Waals surface area contributed by atoms with Crippen LogP contribution in [0.3, 0.4) is 0 Å². The van der Waals surface area contributed by atoms with Gasteiger partial charge < -0.3 is 16.8 Å². The van der Waals surface area contributed by atoms with Crippen LogP contribution in [-0.4, -0.2) is 11.9 Å². The number of benzene rings is 3. The molecular weight excluding hydrogens is 322 g/mol. The minimum absolute atomic E-state index is 0.0970. The minimum Gasteiger partial charge on any atom is -0.369 e. The van der Waals surface area contributed by atoms with Crippen LogP contribution in [-0.2, 0) is 0 Å². The molecule has 130 valence electrons. The van der Waals surface area contributed by atoms with E-state index in [9.17, 15) is 0 Å². The number of aliphatic imine (C=N–C) groups is 2. The second-order valence-corrected chi connectivity index (χ2v) is 5.87. The zero-order valence-corrected chi connectivity index (χ0v) is 14.6. The molecule has 0 atom stereocenters. The molecule has 5 nitrogen and oxygen atoms in total. The van der Waals surface area contributed by atoms with Crippen LogP contribution in [0.15, 0.2) is 88.8 Å². The molecule has 26 heavy (non-hydrogen) atoms. The van der Waals surface area contributed by atoms with Crippen molar-refractivity contribution in [2.45, 2.75) is 6.92 Å². The fourth-order valence-corrected chi connectivity index (χ4v) is 2.45. The van der Waals surface area contributed by atoms with Gasteiger partial charge in [0.25, 0.3) is 0 Å². The zero-order valence-electron chi connectivity index (χ0n) is 14.6. The van der Waals surface area contributed by atoms with Crippen LogP contribution in [0.1, 0.15) is 5.56 Å². The fraction of sp³-hybridized carbons (Fsp3) is 0.0476. The average molecular weight is 343 g/mol. The summed E-state index contributed by atoms with van der Waals surface area (Å²) in [5.74, 6) is 0.283. The maximum atomic E-state index is 5.91. The number of aryl methyl sites for hydroxylation is 1. The second kappa shape index (κ2) is 7.98. The molecule has 0 heterocycles. The van der Waals surface area contributed by atoms with Crippen molar-refractivity contribution in [2.24, 2.45) is 21.5 Å². The number of anilines is 1. The predicted octanol–water partition coefficient (Wildman–Crippen LogP) is 4.04. The van der Waals surface area contributed by atoms with Gasteiger partial charge in [-0.3, -0.25) is 0 Å². The Balaban J connectivity index is 1.68. The molecule has 5 N–H and O–H groups in total. The maximum Gasteiger partial charge on any atom is 0.223 e. The van der Waals surface area contributed by atoms with Crippen molar-refractivity contribution in [1.82, 2.24) is 0 Å². The van der Waals surface area contributed by atoms with Gasteiger partial charge in [-0.05, 0) is 42.3 Å². The van der Waals surface area contributed by atoms with Crippen LogP contribution in [0.25, 0.3) is 11.1 Å². The van der Waals surface area contributed by atoms with Crippen LogP contribution in [0.4, 0.5) is 11.4 Å². The Bertz CT molecular complexity index is 911. The van der Waals surface area contributed by atoms with Gasteiger partial charge in [-0.15, -0.1) is 0 Å². The van der Waals surface area contributed by atoms with Crippen LogP contribution >= 0.6 is 0 Å². The maximum absolute atomic E-state index is 5.91. The van der Waals surface area contributed by atoms with E-state index in [4.69, 9.17) is 11.5 Å². The summed E-state index contributed by atoms with van der Waals surface area (Å²) in [5, 5.41) is 3.01. The number of nitrogens with two attached hydrogens (primary N) is 2. The molecule has 0 radical (unpaired) electrons. The van der Waals surface area contributed by atoms with Gasteiger partial charge in [-0.25, -0.2) is 4.99 Å². The first-order valence-corrected chi connectivity index (χ1v) is 8.28. The van der Waals surface area contributed by atoms with Crippen LogP contribution < -0.4 is 16.8 Å². The number of guanidine groups is 2. The number of hydrogen-bond acceptors (Lipinski definition) is 1. The fourth-order valence-electron chi connectivity index (χ4n) is 2.45. The van der Waals surface area contributed by atoms with E-state index in [0.717, 1.165) is 28.1 Å². The highest BCUT2D eigenvalue weighted by Gasteiger charge is 2.00. The number of rotatable bonds is 3. The van der Waals surface area contributed by atoms with Crippen molar-refractivity contribution in [2.75, 3.05) is 5.32 Å². The first-order valence-electron chi connectivity index (χ1n) is 8.28. The van der Waals surface area contributed by atoms with Crippen LogP contribution in [0.2, 0.25) is 0 Å². The number of nitrogens with one attached hydrogen (secondary N) is 1. The van der Waals surface area contributed by atoms with Gasteiger partial charge in [0, 0.05) is 5.69 Å². The monoisotopic (exact) mass is 343 g/mol. The summed E-state index contributed by atoms with van der Waals surface area (Å²) in [6.45, 7) is 2.01. The lowest BCUT2D eigenvalue weighted by Crippen LogP contribution is -2.26. The summed E-state index contributed by atoms with van der Waals surface area (Å²) < 4.78 is 0. The first-order chi connectivity index (χ1) is 12.6. The highest BCUT2D eigenvalue weighted by Crippen LogP contribution is 2.20. The van der Waals surface area contributed by atoms with Crippen molar-refractivity contribution in [3.63, 3.8) is 0 Å². The smallest absolute Gasteiger partial charge is 0.223 e. The van der Waals surface area contributed by atoms with E-state index in [-0.39, 0.29) is 11.9 Å². The molecule has 0 fully saturated rings. The Morgan fingerprint density at radius 3 is 2.04 bits per heavy atom. The highest BCUT2D eigenvalue weighted by atomic mass is 15.2. The third kappa shape index (κ3) is 4.70.